The van der Waals surface area contributed by atoms with Crippen molar-refractivity contribution in [3.63, 3.8) is 0 Å². The topological polar surface area (TPSA) is 90.2 Å². The van der Waals surface area contributed by atoms with Gasteiger partial charge < -0.3 is 20.0 Å². The predicted octanol–water partition coefficient (Wildman–Crippen LogP) is 2.55. The van der Waals surface area contributed by atoms with E-state index in [0.29, 0.717) is 32.5 Å². The highest BCUT2D eigenvalue weighted by Gasteiger charge is 2.45. The van der Waals surface area contributed by atoms with Crippen LogP contribution in [0, 0.1) is 0 Å². The average molecular weight is 399 g/mol. The number of guanidine groups is 1. The van der Waals surface area contributed by atoms with Gasteiger partial charge in [0.05, 0.1) is 6.54 Å². The number of imide groups is 1. The molecule has 0 spiro atoms. The summed E-state index contributed by atoms with van der Waals surface area (Å²) in [5.41, 5.74) is 0.0827. The number of nitrogens with one attached hydrogen (secondary N) is 2. The van der Waals surface area contributed by atoms with Crippen molar-refractivity contribution in [2.75, 3.05) is 27.2 Å². The first-order valence-electron chi connectivity index (χ1n) is 9.91. The van der Waals surface area contributed by atoms with E-state index in [0.717, 1.165) is 22.7 Å². The number of nitrogens with zero attached hydrogens (tertiary/aromatic N) is 3. The molecule has 1 aromatic heterocycles. The minimum absolute atomic E-state index is 0.156. The number of hydrogen-bond acceptors (Lipinski definition) is 4. The second kappa shape index (κ2) is 8.55. The van der Waals surface area contributed by atoms with Crippen LogP contribution in [-0.4, -0.2) is 60.4 Å². The van der Waals surface area contributed by atoms with Gasteiger partial charge in [-0.15, -0.1) is 0 Å². The van der Waals surface area contributed by atoms with Crippen LogP contribution in [0.1, 0.15) is 32.4 Å². The van der Waals surface area contributed by atoms with Gasteiger partial charge in [0.25, 0.3) is 5.91 Å². The lowest BCUT2D eigenvalue weighted by molar-refractivity contribution is -0.130. The van der Waals surface area contributed by atoms with Crippen LogP contribution in [0.4, 0.5) is 4.79 Å². The van der Waals surface area contributed by atoms with Crippen LogP contribution in [0.5, 0.6) is 0 Å². The number of para-hydroxylation sites is 1. The van der Waals surface area contributed by atoms with Crippen molar-refractivity contribution in [1.82, 2.24) is 20.4 Å². The molecule has 2 heterocycles. The number of urea groups is 1. The van der Waals surface area contributed by atoms with Crippen molar-refractivity contribution in [1.29, 1.82) is 0 Å². The number of benzene rings is 1. The summed E-state index contributed by atoms with van der Waals surface area (Å²) in [5.74, 6) is 1.42. The fourth-order valence-electron chi connectivity index (χ4n) is 3.44. The van der Waals surface area contributed by atoms with Crippen molar-refractivity contribution < 1.29 is 14.0 Å². The first-order chi connectivity index (χ1) is 13.9. The third-order valence-electron chi connectivity index (χ3n) is 5.34. The molecular weight excluding hydrogens is 370 g/mol. The first kappa shape index (κ1) is 20.7. The molecule has 8 nitrogen and oxygen atoms in total. The third kappa shape index (κ3) is 4.36. The van der Waals surface area contributed by atoms with Crippen LogP contribution in [0.15, 0.2) is 39.7 Å². The maximum atomic E-state index is 12.4. The van der Waals surface area contributed by atoms with E-state index in [1.807, 2.05) is 49.2 Å². The summed E-state index contributed by atoms with van der Waals surface area (Å²) in [4.78, 5) is 32.1. The standard InChI is InChI=1S/C21H29N5O3/c1-5-21(2)18(27)26(20(28)24-21)12-8-11-23-19(22-3)25(4)14-16-13-15-9-6-7-10-17(15)29-16/h6-7,9-10,13H,5,8,11-12,14H2,1-4H3,(H,22,23)(H,24,28). The van der Waals surface area contributed by atoms with Crippen molar-refractivity contribution in [3.8, 4) is 0 Å². The van der Waals surface area contributed by atoms with E-state index in [2.05, 4.69) is 15.6 Å². The number of aliphatic imine (C=N–C) groups is 1. The first-order valence-corrected chi connectivity index (χ1v) is 9.91. The molecule has 0 radical (unpaired) electrons. The van der Waals surface area contributed by atoms with Crippen molar-refractivity contribution in [2.45, 2.75) is 38.8 Å². The Bertz CT molecular complexity index is 889. The molecule has 0 saturated carbocycles. The minimum Gasteiger partial charge on any atom is -0.459 e. The van der Waals surface area contributed by atoms with E-state index in [4.69, 9.17) is 4.42 Å². The van der Waals surface area contributed by atoms with Gasteiger partial charge in [-0.2, -0.15) is 0 Å². The number of rotatable bonds is 7. The average Bonchev–Trinajstić information content (AvgIpc) is 3.20. The molecule has 1 aromatic carbocycles. The van der Waals surface area contributed by atoms with Crippen molar-refractivity contribution in [2.24, 2.45) is 4.99 Å². The lowest BCUT2D eigenvalue weighted by Gasteiger charge is -2.22. The summed E-state index contributed by atoms with van der Waals surface area (Å²) < 4.78 is 5.87. The lowest BCUT2D eigenvalue weighted by atomic mass is 9.99. The number of amides is 3. The molecule has 1 fully saturated rings. The fraction of sp³-hybridized carbons (Fsp3) is 0.476. The molecular formula is C21H29N5O3. The number of fused-ring (bicyclic) bond motifs is 1. The Morgan fingerprint density at radius 2 is 2.10 bits per heavy atom. The maximum Gasteiger partial charge on any atom is 0.325 e. The van der Waals surface area contributed by atoms with Gasteiger partial charge in [0.1, 0.15) is 16.9 Å². The minimum atomic E-state index is -0.784. The van der Waals surface area contributed by atoms with Gasteiger partial charge in [-0.3, -0.25) is 14.7 Å². The molecule has 1 atom stereocenters. The summed E-state index contributed by atoms with van der Waals surface area (Å²) in [7, 11) is 3.66. The molecule has 1 unspecified atom stereocenters. The zero-order valence-electron chi connectivity index (χ0n) is 17.5. The van der Waals surface area contributed by atoms with Crippen LogP contribution in [-0.2, 0) is 11.3 Å². The highest BCUT2D eigenvalue weighted by Crippen LogP contribution is 2.21. The van der Waals surface area contributed by atoms with Gasteiger partial charge >= 0.3 is 6.03 Å². The molecule has 156 valence electrons. The SMILES string of the molecule is CCC1(C)NC(=O)N(CCCNC(=NC)N(C)Cc2cc3ccccc3o2)C1=O. The van der Waals surface area contributed by atoms with E-state index in [1.54, 1.807) is 14.0 Å². The molecule has 1 aliphatic heterocycles. The molecule has 8 heteroatoms. The molecule has 0 aliphatic carbocycles. The van der Waals surface area contributed by atoms with E-state index in [-0.39, 0.29) is 11.9 Å². The second-order valence-corrected chi connectivity index (χ2v) is 7.51. The quantitative estimate of drug-likeness (QED) is 0.323. The van der Waals surface area contributed by atoms with Crippen molar-refractivity contribution >= 4 is 28.9 Å². The van der Waals surface area contributed by atoms with Crippen LogP contribution in [0.25, 0.3) is 11.0 Å². The van der Waals surface area contributed by atoms with Crippen LogP contribution >= 0.6 is 0 Å². The highest BCUT2D eigenvalue weighted by atomic mass is 16.3. The largest absolute Gasteiger partial charge is 0.459 e. The molecule has 3 rings (SSSR count). The second-order valence-electron chi connectivity index (χ2n) is 7.51. The molecule has 3 amide bonds. The Labute approximate surface area is 170 Å². The van der Waals surface area contributed by atoms with Gasteiger partial charge in [-0.1, -0.05) is 25.1 Å². The van der Waals surface area contributed by atoms with E-state index < -0.39 is 5.54 Å². The maximum absolute atomic E-state index is 12.4. The van der Waals surface area contributed by atoms with Crippen molar-refractivity contribution in [3.05, 3.63) is 36.1 Å². The Morgan fingerprint density at radius 1 is 1.34 bits per heavy atom. The summed E-state index contributed by atoms with van der Waals surface area (Å²) >= 11 is 0. The normalized spacial score (nSPS) is 19.7. The fourth-order valence-corrected chi connectivity index (χ4v) is 3.44. The zero-order valence-corrected chi connectivity index (χ0v) is 17.5. The molecule has 1 saturated heterocycles. The summed E-state index contributed by atoms with van der Waals surface area (Å²) in [6, 6.07) is 9.63. The molecule has 2 N–H and O–H groups in total. The third-order valence-corrected chi connectivity index (χ3v) is 5.34. The summed E-state index contributed by atoms with van der Waals surface area (Å²) in [6.45, 7) is 5.20. The Morgan fingerprint density at radius 3 is 2.76 bits per heavy atom. The predicted molar refractivity (Wildman–Crippen MR) is 113 cm³/mol. The number of carbonyl (C=O) groups excluding carboxylic acids is 2. The van der Waals surface area contributed by atoms with Gasteiger partial charge in [0.2, 0.25) is 0 Å². The zero-order chi connectivity index (χ0) is 21.0. The molecule has 1 aliphatic rings. The van der Waals surface area contributed by atoms with Gasteiger partial charge in [-0.25, -0.2) is 4.79 Å². The number of carbonyl (C=O) groups is 2. The molecule has 29 heavy (non-hydrogen) atoms. The summed E-state index contributed by atoms with van der Waals surface area (Å²) in [6.07, 6.45) is 1.21. The van der Waals surface area contributed by atoms with Crippen LogP contribution < -0.4 is 10.6 Å². The Hall–Kier alpha value is -3.03. The monoisotopic (exact) mass is 399 g/mol. The van der Waals surface area contributed by atoms with Gasteiger partial charge in [-0.05, 0) is 31.9 Å². The highest BCUT2D eigenvalue weighted by molar-refractivity contribution is 6.06. The number of hydrogen-bond donors (Lipinski definition) is 2. The Balaban J connectivity index is 1.49. The van der Waals surface area contributed by atoms with E-state index in [9.17, 15) is 9.59 Å². The van der Waals surface area contributed by atoms with Gasteiger partial charge in [0, 0.05) is 32.6 Å². The van der Waals surface area contributed by atoms with E-state index in [1.165, 1.54) is 4.90 Å². The number of furan rings is 1. The molecule has 0 bridgehead atoms. The smallest absolute Gasteiger partial charge is 0.325 e. The van der Waals surface area contributed by atoms with Crippen LogP contribution in [0.3, 0.4) is 0 Å². The molecule has 2 aromatic rings. The van der Waals surface area contributed by atoms with Crippen LogP contribution in [0.2, 0.25) is 0 Å². The Kier molecular flexibility index (Phi) is 6.10. The summed E-state index contributed by atoms with van der Waals surface area (Å²) in [5, 5.41) is 7.12. The lowest BCUT2D eigenvalue weighted by Crippen LogP contribution is -2.43. The van der Waals surface area contributed by atoms with E-state index >= 15 is 0 Å². The van der Waals surface area contributed by atoms with Gasteiger partial charge in [0.15, 0.2) is 5.96 Å².